The number of carboxylic acid groups (broad SMARTS) is 1. The number of halogens is 2. The fraction of sp³-hybridized carbons (Fsp3) is 0.417. The summed E-state index contributed by atoms with van der Waals surface area (Å²) >= 11 is 0. The normalized spacial score (nSPS) is 17.6. The van der Waals surface area contributed by atoms with Crippen molar-refractivity contribution in [2.24, 2.45) is 0 Å². The lowest BCUT2D eigenvalue weighted by Crippen LogP contribution is -1.99. The van der Waals surface area contributed by atoms with E-state index in [1.807, 2.05) is 0 Å². The Morgan fingerprint density at radius 1 is 1.41 bits per heavy atom. The van der Waals surface area contributed by atoms with Gasteiger partial charge in [0.1, 0.15) is 11.6 Å². The zero-order chi connectivity index (χ0) is 12.0. The Balaban J connectivity index is 0.000000583. The molecule has 0 spiro atoms. The second kappa shape index (κ2) is 7.73. The van der Waals surface area contributed by atoms with Gasteiger partial charge in [0.2, 0.25) is 0 Å². The van der Waals surface area contributed by atoms with E-state index < -0.39 is 11.6 Å². The molecule has 1 atom stereocenters. The highest BCUT2D eigenvalue weighted by molar-refractivity contribution is 5.32. The Bertz CT molecular complexity index is 350. The molecule has 1 aromatic carbocycles. The molecule has 96 valence electrons. The fourth-order valence-electron chi connectivity index (χ4n) is 1.59. The van der Waals surface area contributed by atoms with Gasteiger partial charge in [-0.25, -0.2) is 8.78 Å². The molecule has 17 heavy (non-hydrogen) atoms. The van der Waals surface area contributed by atoms with Crippen LogP contribution in [0, 0.1) is 11.6 Å². The summed E-state index contributed by atoms with van der Waals surface area (Å²) in [6.45, 7) is 0.418. The average molecular weight is 246 g/mol. The zero-order valence-electron chi connectivity index (χ0n) is 8.53. The van der Waals surface area contributed by atoms with Gasteiger partial charge in [0.25, 0.3) is 6.47 Å². The van der Waals surface area contributed by atoms with Crippen molar-refractivity contribution < 1.29 is 23.4 Å². The minimum Gasteiger partial charge on any atom is -0.483 e. The van der Waals surface area contributed by atoms with Crippen molar-refractivity contribution >= 4 is 6.47 Å². The lowest BCUT2D eigenvalue weighted by molar-refractivity contribution is -0.122. The van der Waals surface area contributed by atoms with Gasteiger partial charge in [0.05, 0.1) is 6.10 Å². The van der Waals surface area contributed by atoms with Gasteiger partial charge in [0, 0.05) is 18.2 Å². The van der Waals surface area contributed by atoms with Gasteiger partial charge in [0.15, 0.2) is 0 Å². The van der Waals surface area contributed by atoms with E-state index in [1.54, 1.807) is 0 Å². The van der Waals surface area contributed by atoms with E-state index in [0.29, 0.717) is 12.2 Å². The van der Waals surface area contributed by atoms with Crippen molar-refractivity contribution in [2.75, 3.05) is 6.61 Å². The molecule has 0 aromatic heterocycles. The zero-order valence-corrected chi connectivity index (χ0v) is 8.53. The minimum absolute atomic E-state index is 0. The maximum atomic E-state index is 13.2. The monoisotopic (exact) mass is 246 g/mol. The van der Waals surface area contributed by atoms with Crippen LogP contribution in [0.15, 0.2) is 18.2 Å². The van der Waals surface area contributed by atoms with Crippen molar-refractivity contribution in [3.63, 3.8) is 0 Å². The second-order valence-electron chi connectivity index (χ2n) is 3.27. The predicted molar refractivity (Wildman–Crippen MR) is 59.7 cm³/mol. The van der Waals surface area contributed by atoms with Crippen molar-refractivity contribution in [3.8, 4) is 0 Å². The smallest absolute Gasteiger partial charge is 0.290 e. The highest BCUT2D eigenvalue weighted by Crippen LogP contribution is 2.30. The molecule has 0 radical (unpaired) electrons. The van der Waals surface area contributed by atoms with E-state index in [9.17, 15) is 8.78 Å². The molecule has 1 aliphatic rings. The summed E-state index contributed by atoms with van der Waals surface area (Å²) in [4.78, 5) is 8.36. The van der Waals surface area contributed by atoms with Crippen molar-refractivity contribution in [3.05, 3.63) is 35.4 Å². The first kappa shape index (κ1) is 15.5. The maximum Gasteiger partial charge on any atom is 0.290 e. The number of benzene rings is 1. The summed E-state index contributed by atoms with van der Waals surface area (Å²) in [5.74, 6) is -1.05. The summed E-state index contributed by atoms with van der Waals surface area (Å²) in [7, 11) is 0. The predicted octanol–water partition coefficient (Wildman–Crippen LogP) is 3.15. The summed E-state index contributed by atoms with van der Waals surface area (Å²) in [5.41, 5.74) is 0.471. The van der Waals surface area contributed by atoms with E-state index in [-0.39, 0.29) is 20.0 Å². The molecule has 1 saturated heterocycles. The molecule has 5 heteroatoms. The SMILES string of the molecule is C.Fc1ccc(C2CCCO2)c(F)c1.O=CO. The van der Waals surface area contributed by atoms with Crippen LogP contribution in [0.1, 0.15) is 31.9 Å². The minimum atomic E-state index is -0.542. The molecule has 1 aliphatic heterocycles. The van der Waals surface area contributed by atoms with Crippen molar-refractivity contribution in [2.45, 2.75) is 26.4 Å². The highest BCUT2D eigenvalue weighted by atomic mass is 19.1. The Morgan fingerprint density at radius 3 is 2.53 bits per heavy atom. The molecule has 1 N–H and O–H groups in total. The first-order valence-electron chi connectivity index (χ1n) is 4.83. The summed E-state index contributed by atoms with van der Waals surface area (Å²) in [6, 6.07) is 3.62. The lowest BCUT2D eigenvalue weighted by Gasteiger charge is -2.10. The molecule has 2 rings (SSSR count). The van der Waals surface area contributed by atoms with Crippen LogP contribution in [0.25, 0.3) is 0 Å². The molecule has 0 amide bonds. The van der Waals surface area contributed by atoms with Crippen molar-refractivity contribution in [1.82, 2.24) is 0 Å². The molecule has 0 saturated carbocycles. The van der Waals surface area contributed by atoms with Crippen LogP contribution in [0.4, 0.5) is 8.78 Å². The van der Waals surface area contributed by atoms with Crippen LogP contribution in [0.2, 0.25) is 0 Å². The van der Waals surface area contributed by atoms with Crippen LogP contribution in [0.5, 0.6) is 0 Å². The summed E-state index contributed by atoms with van der Waals surface area (Å²) in [5, 5.41) is 6.89. The van der Waals surface area contributed by atoms with Crippen molar-refractivity contribution in [1.29, 1.82) is 0 Å². The Morgan fingerprint density at radius 2 is 2.06 bits per heavy atom. The van der Waals surface area contributed by atoms with Crippen LogP contribution < -0.4 is 0 Å². The lowest BCUT2D eigenvalue weighted by atomic mass is 10.1. The van der Waals surface area contributed by atoms with Gasteiger partial charge in [-0.3, -0.25) is 4.79 Å². The molecule has 3 nitrogen and oxygen atoms in total. The Kier molecular flexibility index (Phi) is 7.05. The van der Waals surface area contributed by atoms with Gasteiger partial charge in [-0.15, -0.1) is 0 Å². The third-order valence-electron chi connectivity index (χ3n) is 2.24. The van der Waals surface area contributed by atoms with Crippen LogP contribution >= 0.6 is 0 Å². The van der Waals surface area contributed by atoms with E-state index >= 15 is 0 Å². The third-order valence-corrected chi connectivity index (χ3v) is 2.24. The van der Waals surface area contributed by atoms with Crippen LogP contribution in [0.3, 0.4) is 0 Å². The Labute approximate surface area is 99.0 Å². The highest BCUT2D eigenvalue weighted by Gasteiger charge is 2.20. The van der Waals surface area contributed by atoms with Crippen LogP contribution in [-0.2, 0) is 9.53 Å². The van der Waals surface area contributed by atoms with E-state index in [0.717, 1.165) is 18.9 Å². The van der Waals surface area contributed by atoms with Gasteiger partial charge in [-0.05, 0) is 18.9 Å². The fourth-order valence-corrected chi connectivity index (χ4v) is 1.59. The van der Waals surface area contributed by atoms with Gasteiger partial charge < -0.3 is 9.84 Å². The molecule has 1 fully saturated rings. The number of ether oxygens (including phenoxy) is 1. The third kappa shape index (κ3) is 4.48. The molecule has 1 heterocycles. The Hall–Kier alpha value is -1.49. The molecular formula is C12H16F2O3. The van der Waals surface area contributed by atoms with E-state index in [1.165, 1.54) is 12.1 Å². The molecule has 0 aliphatic carbocycles. The first-order valence-corrected chi connectivity index (χ1v) is 4.83. The molecule has 0 bridgehead atoms. The second-order valence-corrected chi connectivity index (χ2v) is 3.27. The molecule has 1 unspecified atom stereocenters. The van der Waals surface area contributed by atoms with E-state index in [4.69, 9.17) is 14.6 Å². The summed E-state index contributed by atoms with van der Waals surface area (Å²) < 4.78 is 31.0. The first-order chi connectivity index (χ1) is 7.69. The van der Waals surface area contributed by atoms with Crippen LogP contribution in [-0.4, -0.2) is 18.2 Å². The van der Waals surface area contributed by atoms with Gasteiger partial charge in [-0.1, -0.05) is 13.5 Å². The van der Waals surface area contributed by atoms with E-state index in [2.05, 4.69) is 0 Å². The number of carbonyl (C=O) groups is 1. The molecule has 1 aromatic rings. The topological polar surface area (TPSA) is 46.5 Å². The maximum absolute atomic E-state index is 13.2. The average Bonchev–Trinajstić information content (AvgIpc) is 2.72. The standard InChI is InChI=1S/C10H10F2O.CH2O2.CH4/c11-7-3-4-8(9(12)6-7)10-2-1-5-13-10;2-1-3;/h3-4,6,10H,1-2,5H2;1H,(H,2,3);1H4. The van der Waals surface area contributed by atoms with Gasteiger partial charge >= 0.3 is 0 Å². The molecular weight excluding hydrogens is 230 g/mol. The number of hydrogen-bond donors (Lipinski definition) is 1. The quantitative estimate of drug-likeness (QED) is 0.774. The van der Waals surface area contributed by atoms with Gasteiger partial charge in [-0.2, -0.15) is 0 Å². The number of hydrogen-bond acceptors (Lipinski definition) is 2. The summed E-state index contributed by atoms with van der Waals surface area (Å²) in [6.07, 6.45) is 1.59. The largest absolute Gasteiger partial charge is 0.483 e. The number of rotatable bonds is 1.